The molecule has 0 radical (unpaired) electrons. The molecule has 0 aliphatic heterocycles. The maximum Gasteiger partial charge on any atom is -0.00230 e. The normalized spacial score (nSPS) is 10.7. The molecule has 0 spiro atoms. The lowest BCUT2D eigenvalue weighted by Crippen LogP contribution is -2.01. The van der Waals surface area contributed by atoms with Crippen LogP contribution in [0.25, 0.3) is 0 Å². The standard InChI is InChI=1S/C28H26/c1-3-11-23(12-4-1)21-27-17-9-7-15-25(27)19-20-26-16-8-10-18-28(26)22-24-13-5-2-6-14-24/h1-18H,19-22H2. The van der Waals surface area contributed by atoms with E-state index in [0.29, 0.717) is 0 Å². The molecule has 0 heterocycles. The van der Waals surface area contributed by atoms with Gasteiger partial charge >= 0.3 is 0 Å². The number of benzene rings is 4. The Balaban J connectivity index is 1.50. The zero-order chi connectivity index (χ0) is 19.0. The number of aryl methyl sites for hydroxylation is 2. The van der Waals surface area contributed by atoms with E-state index >= 15 is 0 Å². The fraction of sp³-hybridized carbons (Fsp3) is 0.143. The molecule has 0 N–H and O–H groups in total. The summed E-state index contributed by atoms with van der Waals surface area (Å²) in [6.45, 7) is 0. The van der Waals surface area contributed by atoms with Crippen LogP contribution in [-0.2, 0) is 25.7 Å². The SMILES string of the molecule is c1ccc(Cc2ccccc2CCc2ccccc2Cc2ccccc2)cc1. The van der Waals surface area contributed by atoms with Crippen molar-refractivity contribution in [2.24, 2.45) is 0 Å². The third-order valence-electron chi connectivity index (χ3n) is 5.38. The van der Waals surface area contributed by atoms with Crippen LogP contribution < -0.4 is 0 Å². The van der Waals surface area contributed by atoms with Crippen molar-refractivity contribution in [2.75, 3.05) is 0 Å². The molecule has 28 heavy (non-hydrogen) atoms. The van der Waals surface area contributed by atoms with Gasteiger partial charge in [-0.1, -0.05) is 109 Å². The molecular formula is C28H26. The van der Waals surface area contributed by atoms with E-state index in [9.17, 15) is 0 Å². The Kier molecular flexibility index (Phi) is 5.99. The van der Waals surface area contributed by atoms with Crippen LogP contribution in [0.4, 0.5) is 0 Å². The summed E-state index contributed by atoms with van der Waals surface area (Å²) in [7, 11) is 0. The maximum atomic E-state index is 2.29. The van der Waals surface area contributed by atoms with E-state index in [1.165, 1.54) is 33.4 Å². The number of rotatable bonds is 7. The molecule has 0 aliphatic carbocycles. The van der Waals surface area contributed by atoms with Gasteiger partial charge in [0, 0.05) is 0 Å². The lowest BCUT2D eigenvalue weighted by Gasteiger charge is -2.13. The molecule has 0 amide bonds. The molecule has 0 atom stereocenters. The third kappa shape index (κ3) is 4.78. The van der Waals surface area contributed by atoms with Crippen molar-refractivity contribution in [2.45, 2.75) is 25.7 Å². The summed E-state index contributed by atoms with van der Waals surface area (Å²) in [6.07, 6.45) is 4.16. The second-order valence-electron chi connectivity index (χ2n) is 7.36. The van der Waals surface area contributed by atoms with E-state index in [1.807, 2.05) is 0 Å². The largest absolute Gasteiger partial charge is 0.0622 e. The van der Waals surface area contributed by atoms with E-state index in [-0.39, 0.29) is 0 Å². The average molecular weight is 363 g/mol. The molecule has 4 aromatic carbocycles. The van der Waals surface area contributed by atoms with Gasteiger partial charge in [0.1, 0.15) is 0 Å². The van der Waals surface area contributed by atoms with Gasteiger partial charge < -0.3 is 0 Å². The fourth-order valence-corrected chi connectivity index (χ4v) is 3.85. The van der Waals surface area contributed by atoms with Crippen LogP contribution in [0.15, 0.2) is 109 Å². The first kappa shape index (κ1) is 18.3. The molecule has 0 bridgehead atoms. The van der Waals surface area contributed by atoms with Gasteiger partial charge in [0.25, 0.3) is 0 Å². The zero-order valence-corrected chi connectivity index (χ0v) is 16.2. The number of hydrogen-bond donors (Lipinski definition) is 0. The van der Waals surface area contributed by atoms with E-state index in [1.54, 1.807) is 0 Å². The van der Waals surface area contributed by atoms with Gasteiger partial charge in [-0.25, -0.2) is 0 Å². The summed E-state index contributed by atoms with van der Waals surface area (Å²) in [6, 6.07) is 39.3. The first-order valence-corrected chi connectivity index (χ1v) is 10.1. The van der Waals surface area contributed by atoms with Crippen LogP contribution in [0, 0.1) is 0 Å². The van der Waals surface area contributed by atoms with Gasteiger partial charge in [0.05, 0.1) is 0 Å². The molecule has 0 aromatic heterocycles. The topological polar surface area (TPSA) is 0 Å². The molecule has 4 aromatic rings. The minimum atomic E-state index is 1.00. The minimum absolute atomic E-state index is 1.00. The van der Waals surface area contributed by atoms with Crippen LogP contribution >= 0.6 is 0 Å². The Hall–Kier alpha value is -3.12. The first-order chi connectivity index (χ1) is 13.9. The van der Waals surface area contributed by atoms with E-state index in [4.69, 9.17) is 0 Å². The summed E-state index contributed by atoms with van der Waals surface area (Å²) in [5.41, 5.74) is 8.55. The summed E-state index contributed by atoms with van der Waals surface area (Å²) < 4.78 is 0. The molecule has 0 aliphatic rings. The Bertz CT molecular complexity index is 915. The first-order valence-electron chi connectivity index (χ1n) is 10.1. The molecule has 0 saturated heterocycles. The average Bonchev–Trinajstić information content (AvgIpc) is 2.76. The van der Waals surface area contributed by atoms with Crippen molar-refractivity contribution in [3.8, 4) is 0 Å². The monoisotopic (exact) mass is 362 g/mol. The van der Waals surface area contributed by atoms with Crippen molar-refractivity contribution >= 4 is 0 Å². The molecule has 0 heteroatoms. The second-order valence-corrected chi connectivity index (χ2v) is 7.36. The van der Waals surface area contributed by atoms with Crippen molar-refractivity contribution in [3.05, 3.63) is 143 Å². The zero-order valence-electron chi connectivity index (χ0n) is 16.2. The lowest BCUT2D eigenvalue weighted by molar-refractivity contribution is 0.919. The Morgan fingerprint density at radius 2 is 0.643 bits per heavy atom. The van der Waals surface area contributed by atoms with E-state index < -0.39 is 0 Å². The lowest BCUT2D eigenvalue weighted by atomic mass is 9.92. The smallest absolute Gasteiger partial charge is 0.00230 e. The highest BCUT2D eigenvalue weighted by Gasteiger charge is 2.07. The summed E-state index contributed by atoms with van der Waals surface area (Å²) in [5, 5.41) is 0. The molecule has 138 valence electrons. The van der Waals surface area contributed by atoms with Crippen molar-refractivity contribution in [3.63, 3.8) is 0 Å². The van der Waals surface area contributed by atoms with Gasteiger partial charge in [0.15, 0.2) is 0 Å². The van der Waals surface area contributed by atoms with Gasteiger partial charge in [-0.15, -0.1) is 0 Å². The van der Waals surface area contributed by atoms with E-state index in [0.717, 1.165) is 25.7 Å². The van der Waals surface area contributed by atoms with Crippen molar-refractivity contribution < 1.29 is 0 Å². The van der Waals surface area contributed by atoms with Crippen molar-refractivity contribution in [1.29, 1.82) is 0 Å². The molecule has 0 saturated carbocycles. The molecule has 0 fully saturated rings. The highest BCUT2D eigenvalue weighted by molar-refractivity contribution is 5.36. The highest BCUT2D eigenvalue weighted by atomic mass is 14.1. The van der Waals surface area contributed by atoms with Crippen LogP contribution in [-0.4, -0.2) is 0 Å². The predicted molar refractivity (Wildman–Crippen MR) is 119 cm³/mol. The molecule has 0 unspecified atom stereocenters. The quantitative estimate of drug-likeness (QED) is 0.345. The molecule has 4 rings (SSSR count). The van der Waals surface area contributed by atoms with Gasteiger partial charge in [-0.05, 0) is 59.1 Å². The van der Waals surface area contributed by atoms with Crippen LogP contribution in [0.1, 0.15) is 33.4 Å². The van der Waals surface area contributed by atoms with Crippen LogP contribution in [0.3, 0.4) is 0 Å². The van der Waals surface area contributed by atoms with Gasteiger partial charge in [0.2, 0.25) is 0 Å². The molecular weight excluding hydrogens is 336 g/mol. The van der Waals surface area contributed by atoms with Crippen LogP contribution in [0.5, 0.6) is 0 Å². The maximum absolute atomic E-state index is 2.29. The second kappa shape index (κ2) is 9.19. The van der Waals surface area contributed by atoms with Gasteiger partial charge in [-0.2, -0.15) is 0 Å². The summed E-state index contributed by atoms with van der Waals surface area (Å²) >= 11 is 0. The summed E-state index contributed by atoms with van der Waals surface area (Å²) in [5.74, 6) is 0. The van der Waals surface area contributed by atoms with Gasteiger partial charge in [-0.3, -0.25) is 0 Å². The Labute approximate surface area is 168 Å². The highest BCUT2D eigenvalue weighted by Crippen LogP contribution is 2.20. The minimum Gasteiger partial charge on any atom is -0.0622 e. The molecule has 0 nitrogen and oxygen atoms in total. The Morgan fingerprint density at radius 1 is 0.321 bits per heavy atom. The van der Waals surface area contributed by atoms with Crippen LogP contribution in [0.2, 0.25) is 0 Å². The van der Waals surface area contributed by atoms with E-state index in [2.05, 4.69) is 109 Å². The predicted octanol–water partition coefficient (Wildman–Crippen LogP) is 6.65. The van der Waals surface area contributed by atoms with Crippen molar-refractivity contribution in [1.82, 2.24) is 0 Å². The summed E-state index contributed by atoms with van der Waals surface area (Å²) in [4.78, 5) is 0. The third-order valence-corrected chi connectivity index (χ3v) is 5.38. The fourth-order valence-electron chi connectivity index (χ4n) is 3.85. The number of hydrogen-bond acceptors (Lipinski definition) is 0. The Morgan fingerprint density at radius 3 is 1.04 bits per heavy atom.